The van der Waals surface area contributed by atoms with E-state index >= 15 is 0 Å². The standard InChI is InChI=1S/C23H29F2N3O3/c1-30-20-7-5-18(6-8-20)9-10-27-11-13-28(14-12-27)23(29)26-16-19-3-2-4-21(15-19)31-17-22(24)25/h2-8,15,22H,9-14,16-17H2,1H3,(H,26,29). The van der Waals surface area contributed by atoms with Crippen molar-refractivity contribution in [3.8, 4) is 11.5 Å². The monoisotopic (exact) mass is 433 g/mol. The fourth-order valence-electron chi connectivity index (χ4n) is 3.45. The summed E-state index contributed by atoms with van der Waals surface area (Å²) in [6.07, 6.45) is -1.56. The number of rotatable bonds is 9. The summed E-state index contributed by atoms with van der Waals surface area (Å²) in [6, 6.07) is 14.8. The molecule has 1 aliphatic rings. The summed E-state index contributed by atoms with van der Waals surface area (Å²) < 4.78 is 34.8. The van der Waals surface area contributed by atoms with Crippen LogP contribution in [0.2, 0.25) is 0 Å². The molecular weight excluding hydrogens is 404 g/mol. The molecule has 2 amide bonds. The molecule has 1 fully saturated rings. The van der Waals surface area contributed by atoms with Crippen molar-refractivity contribution >= 4 is 6.03 Å². The zero-order valence-electron chi connectivity index (χ0n) is 17.7. The van der Waals surface area contributed by atoms with Gasteiger partial charge in [0.1, 0.15) is 18.1 Å². The van der Waals surface area contributed by atoms with Gasteiger partial charge in [-0.25, -0.2) is 13.6 Å². The molecule has 2 aromatic carbocycles. The number of nitrogens with zero attached hydrogens (tertiary/aromatic N) is 2. The van der Waals surface area contributed by atoms with Crippen molar-refractivity contribution in [3.05, 3.63) is 59.7 Å². The minimum absolute atomic E-state index is 0.117. The number of methoxy groups -OCH3 is 1. The first kappa shape index (κ1) is 22.8. The van der Waals surface area contributed by atoms with E-state index in [1.54, 1.807) is 30.2 Å². The van der Waals surface area contributed by atoms with Crippen molar-refractivity contribution < 1.29 is 23.0 Å². The number of piperazine rings is 1. The van der Waals surface area contributed by atoms with Crippen molar-refractivity contribution in [2.45, 2.75) is 19.4 Å². The Kier molecular flexibility index (Phi) is 8.46. The molecule has 1 saturated heterocycles. The van der Waals surface area contributed by atoms with Gasteiger partial charge >= 0.3 is 6.03 Å². The van der Waals surface area contributed by atoms with E-state index in [0.29, 0.717) is 25.4 Å². The molecule has 1 heterocycles. The summed E-state index contributed by atoms with van der Waals surface area (Å²) in [5.74, 6) is 1.23. The molecule has 0 aliphatic carbocycles. The molecule has 0 unspecified atom stereocenters. The van der Waals surface area contributed by atoms with Crippen LogP contribution < -0.4 is 14.8 Å². The summed E-state index contributed by atoms with van der Waals surface area (Å²) in [6.45, 7) is 3.65. The van der Waals surface area contributed by atoms with E-state index in [0.717, 1.165) is 37.4 Å². The summed E-state index contributed by atoms with van der Waals surface area (Å²) in [7, 11) is 1.66. The zero-order chi connectivity index (χ0) is 22.1. The number of urea groups is 1. The lowest BCUT2D eigenvalue weighted by molar-refractivity contribution is 0.0818. The average Bonchev–Trinajstić information content (AvgIpc) is 2.81. The van der Waals surface area contributed by atoms with Crippen LogP contribution in [0.25, 0.3) is 0 Å². The molecular formula is C23H29F2N3O3. The highest BCUT2D eigenvalue weighted by atomic mass is 19.3. The van der Waals surface area contributed by atoms with Gasteiger partial charge in [-0.1, -0.05) is 24.3 Å². The predicted octanol–water partition coefficient (Wildman–Crippen LogP) is 3.41. The number of carbonyl (C=O) groups excluding carboxylic acids is 1. The minimum atomic E-state index is -2.52. The van der Waals surface area contributed by atoms with E-state index in [2.05, 4.69) is 22.3 Å². The minimum Gasteiger partial charge on any atom is -0.497 e. The second kappa shape index (κ2) is 11.5. The van der Waals surface area contributed by atoms with Gasteiger partial charge in [0, 0.05) is 39.3 Å². The van der Waals surface area contributed by atoms with Crippen LogP contribution in [0.5, 0.6) is 11.5 Å². The average molecular weight is 433 g/mol. The Labute approximate surface area is 181 Å². The van der Waals surface area contributed by atoms with Gasteiger partial charge in [-0.3, -0.25) is 4.90 Å². The maximum Gasteiger partial charge on any atom is 0.317 e. The van der Waals surface area contributed by atoms with Gasteiger partial charge < -0.3 is 19.7 Å². The third-order valence-electron chi connectivity index (χ3n) is 5.25. The highest BCUT2D eigenvalue weighted by molar-refractivity contribution is 5.74. The van der Waals surface area contributed by atoms with E-state index in [1.807, 2.05) is 18.2 Å². The SMILES string of the molecule is COc1ccc(CCN2CCN(C(=O)NCc3cccc(OCC(F)F)c3)CC2)cc1. The van der Waals surface area contributed by atoms with Gasteiger partial charge in [0.05, 0.1) is 7.11 Å². The number of benzene rings is 2. The highest BCUT2D eigenvalue weighted by Gasteiger charge is 2.20. The Morgan fingerprint density at radius 2 is 1.77 bits per heavy atom. The number of halogens is 2. The van der Waals surface area contributed by atoms with Crippen molar-refractivity contribution in [3.63, 3.8) is 0 Å². The van der Waals surface area contributed by atoms with E-state index in [1.165, 1.54) is 5.56 Å². The summed E-state index contributed by atoms with van der Waals surface area (Å²) in [5.41, 5.74) is 2.07. The summed E-state index contributed by atoms with van der Waals surface area (Å²) in [5, 5.41) is 2.90. The van der Waals surface area contributed by atoms with Crippen molar-refractivity contribution in [2.75, 3.05) is 46.4 Å². The summed E-state index contributed by atoms with van der Waals surface area (Å²) in [4.78, 5) is 16.6. The molecule has 1 aliphatic heterocycles. The van der Waals surface area contributed by atoms with E-state index in [9.17, 15) is 13.6 Å². The Bertz CT molecular complexity index is 825. The topological polar surface area (TPSA) is 54.0 Å². The molecule has 31 heavy (non-hydrogen) atoms. The van der Waals surface area contributed by atoms with E-state index < -0.39 is 13.0 Å². The third-order valence-corrected chi connectivity index (χ3v) is 5.25. The maximum absolute atomic E-state index is 12.5. The number of ether oxygens (including phenoxy) is 2. The second-order valence-electron chi connectivity index (χ2n) is 7.43. The number of hydrogen-bond donors (Lipinski definition) is 1. The lowest BCUT2D eigenvalue weighted by atomic mass is 10.1. The lowest BCUT2D eigenvalue weighted by Crippen LogP contribution is -2.51. The molecule has 3 rings (SSSR count). The molecule has 0 saturated carbocycles. The van der Waals surface area contributed by atoms with Crippen molar-refractivity contribution in [1.82, 2.24) is 15.1 Å². The smallest absolute Gasteiger partial charge is 0.317 e. The van der Waals surface area contributed by atoms with Gasteiger partial charge in [0.15, 0.2) is 0 Å². The van der Waals surface area contributed by atoms with Crippen molar-refractivity contribution in [2.24, 2.45) is 0 Å². The zero-order valence-corrected chi connectivity index (χ0v) is 17.7. The fourth-order valence-corrected chi connectivity index (χ4v) is 3.45. The molecule has 0 atom stereocenters. The number of carbonyl (C=O) groups is 1. The summed E-state index contributed by atoms with van der Waals surface area (Å²) >= 11 is 0. The quantitative estimate of drug-likeness (QED) is 0.659. The van der Waals surface area contributed by atoms with Crippen LogP contribution in [0.3, 0.4) is 0 Å². The van der Waals surface area contributed by atoms with Crippen molar-refractivity contribution in [1.29, 1.82) is 0 Å². The van der Waals surface area contributed by atoms with Gasteiger partial charge in [0.2, 0.25) is 0 Å². The predicted molar refractivity (Wildman–Crippen MR) is 115 cm³/mol. The van der Waals surface area contributed by atoms with Gasteiger partial charge in [-0.15, -0.1) is 0 Å². The van der Waals surface area contributed by atoms with Gasteiger partial charge in [0.25, 0.3) is 6.43 Å². The van der Waals surface area contributed by atoms with Crippen LogP contribution in [0.1, 0.15) is 11.1 Å². The highest BCUT2D eigenvalue weighted by Crippen LogP contribution is 2.15. The Balaban J connectivity index is 1.37. The maximum atomic E-state index is 12.5. The van der Waals surface area contributed by atoms with Crippen LogP contribution in [0, 0.1) is 0 Å². The molecule has 6 nitrogen and oxygen atoms in total. The first-order chi connectivity index (χ1) is 15.0. The molecule has 168 valence electrons. The molecule has 0 bridgehead atoms. The third kappa shape index (κ3) is 7.40. The van der Waals surface area contributed by atoms with Crippen LogP contribution in [0.4, 0.5) is 13.6 Å². The molecule has 0 aromatic heterocycles. The first-order valence-electron chi connectivity index (χ1n) is 10.4. The normalized spacial score (nSPS) is 14.5. The largest absolute Gasteiger partial charge is 0.497 e. The second-order valence-corrected chi connectivity index (χ2v) is 7.43. The number of alkyl halides is 2. The van der Waals surface area contributed by atoms with Gasteiger partial charge in [-0.05, 0) is 41.8 Å². The fraction of sp³-hybridized carbons (Fsp3) is 0.435. The first-order valence-corrected chi connectivity index (χ1v) is 10.4. The molecule has 2 aromatic rings. The number of nitrogens with one attached hydrogen (secondary N) is 1. The van der Waals surface area contributed by atoms with E-state index in [-0.39, 0.29) is 6.03 Å². The van der Waals surface area contributed by atoms with E-state index in [4.69, 9.17) is 9.47 Å². The van der Waals surface area contributed by atoms with Crippen LogP contribution in [-0.4, -0.2) is 68.7 Å². The number of hydrogen-bond acceptors (Lipinski definition) is 4. The molecule has 0 spiro atoms. The molecule has 8 heteroatoms. The lowest BCUT2D eigenvalue weighted by Gasteiger charge is -2.34. The van der Waals surface area contributed by atoms with Crippen LogP contribution >= 0.6 is 0 Å². The molecule has 1 N–H and O–H groups in total. The number of amides is 2. The Morgan fingerprint density at radius 1 is 1.03 bits per heavy atom. The molecule has 0 radical (unpaired) electrons. The Morgan fingerprint density at radius 3 is 2.45 bits per heavy atom. The Hall–Kier alpha value is -2.87. The van der Waals surface area contributed by atoms with Crippen LogP contribution in [0.15, 0.2) is 48.5 Å². The van der Waals surface area contributed by atoms with Gasteiger partial charge in [-0.2, -0.15) is 0 Å². The van der Waals surface area contributed by atoms with Crippen LogP contribution in [-0.2, 0) is 13.0 Å².